The number of carbonyl (C=O) groups is 1. The molecule has 3 rings (SSSR count). The van der Waals surface area contributed by atoms with E-state index in [-0.39, 0.29) is 12.3 Å². The molecule has 27 heavy (non-hydrogen) atoms. The summed E-state index contributed by atoms with van der Waals surface area (Å²) in [6, 6.07) is 13.3. The first kappa shape index (κ1) is 19.8. The molecule has 0 spiro atoms. The highest BCUT2D eigenvalue weighted by atomic mass is 32.2. The standard InChI is InChI=1S/C21H22F3NOS/c1-15-5-2-3-8-18(15)19-9-10-25(11-12-27-19)20(26)14-16-6-4-7-17(13-16)21(22,23)24/h2-8,13,19H,9-12,14H2,1H3. The quantitative estimate of drug-likeness (QED) is 0.709. The summed E-state index contributed by atoms with van der Waals surface area (Å²) in [5.41, 5.74) is 2.24. The van der Waals surface area contributed by atoms with E-state index in [4.69, 9.17) is 0 Å². The molecule has 2 aromatic rings. The molecule has 0 N–H and O–H groups in total. The molecule has 0 radical (unpaired) electrons. The topological polar surface area (TPSA) is 20.3 Å². The van der Waals surface area contributed by atoms with E-state index in [1.165, 1.54) is 17.2 Å². The van der Waals surface area contributed by atoms with E-state index in [0.29, 0.717) is 23.9 Å². The van der Waals surface area contributed by atoms with Gasteiger partial charge in [-0.25, -0.2) is 0 Å². The first-order chi connectivity index (χ1) is 12.8. The number of halogens is 3. The maximum Gasteiger partial charge on any atom is 0.416 e. The van der Waals surface area contributed by atoms with Gasteiger partial charge in [0.15, 0.2) is 0 Å². The number of hydrogen-bond donors (Lipinski definition) is 0. The van der Waals surface area contributed by atoms with E-state index in [0.717, 1.165) is 24.3 Å². The van der Waals surface area contributed by atoms with Crippen LogP contribution < -0.4 is 0 Å². The summed E-state index contributed by atoms with van der Waals surface area (Å²) in [6.07, 6.45) is -3.54. The van der Waals surface area contributed by atoms with E-state index in [1.807, 2.05) is 23.9 Å². The minimum atomic E-state index is -4.39. The zero-order valence-electron chi connectivity index (χ0n) is 15.1. The molecule has 1 saturated heterocycles. The molecule has 1 unspecified atom stereocenters. The fourth-order valence-electron chi connectivity index (χ4n) is 3.36. The second-order valence-corrected chi connectivity index (χ2v) is 8.07. The third-order valence-electron chi connectivity index (χ3n) is 4.84. The molecule has 0 aliphatic carbocycles. The fourth-order valence-corrected chi connectivity index (χ4v) is 4.69. The summed E-state index contributed by atoms with van der Waals surface area (Å²) in [5.74, 6) is 0.716. The van der Waals surface area contributed by atoms with Crippen molar-refractivity contribution in [2.75, 3.05) is 18.8 Å². The van der Waals surface area contributed by atoms with Crippen molar-refractivity contribution in [1.82, 2.24) is 4.90 Å². The van der Waals surface area contributed by atoms with Gasteiger partial charge in [-0.1, -0.05) is 42.5 Å². The van der Waals surface area contributed by atoms with Crippen molar-refractivity contribution in [1.29, 1.82) is 0 Å². The molecule has 1 aliphatic rings. The number of carbonyl (C=O) groups excluding carboxylic acids is 1. The van der Waals surface area contributed by atoms with Crippen LogP contribution in [0.3, 0.4) is 0 Å². The lowest BCUT2D eigenvalue weighted by Crippen LogP contribution is -2.34. The van der Waals surface area contributed by atoms with Crippen LogP contribution >= 0.6 is 11.8 Å². The highest BCUT2D eigenvalue weighted by Crippen LogP contribution is 2.36. The average Bonchev–Trinajstić information content (AvgIpc) is 2.88. The number of hydrogen-bond acceptors (Lipinski definition) is 2. The Morgan fingerprint density at radius 1 is 1.15 bits per heavy atom. The highest BCUT2D eigenvalue weighted by Gasteiger charge is 2.30. The molecule has 1 heterocycles. The number of alkyl halides is 3. The highest BCUT2D eigenvalue weighted by molar-refractivity contribution is 7.99. The van der Waals surface area contributed by atoms with Crippen LogP contribution in [0.2, 0.25) is 0 Å². The van der Waals surface area contributed by atoms with Gasteiger partial charge in [0, 0.05) is 24.1 Å². The Kier molecular flexibility index (Phi) is 6.15. The van der Waals surface area contributed by atoms with Crippen molar-refractivity contribution >= 4 is 17.7 Å². The molecule has 6 heteroatoms. The van der Waals surface area contributed by atoms with Gasteiger partial charge in [0.05, 0.1) is 12.0 Å². The molecule has 144 valence electrons. The van der Waals surface area contributed by atoms with Crippen molar-refractivity contribution < 1.29 is 18.0 Å². The first-order valence-electron chi connectivity index (χ1n) is 8.95. The summed E-state index contributed by atoms with van der Waals surface area (Å²) in [4.78, 5) is 14.4. The lowest BCUT2D eigenvalue weighted by atomic mass is 10.0. The van der Waals surface area contributed by atoms with E-state index in [2.05, 4.69) is 19.1 Å². The van der Waals surface area contributed by atoms with Crippen molar-refractivity contribution in [3.8, 4) is 0 Å². The average molecular weight is 393 g/mol. The molecule has 2 nitrogen and oxygen atoms in total. The minimum Gasteiger partial charge on any atom is -0.342 e. The van der Waals surface area contributed by atoms with Crippen LogP contribution in [-0.4, -0.2) is 29.6 Å². The van der Waals surface area contributed by atoms with Crippen LogP contribution in [0.1, 0.15) is 33.9 Å². The Bertz CT molecular complexity index is 806. The molecule has 2 aromatic carbocycles. The normalized spacial score (nSPS) is 18.2. The van der Waals surface area contributed by atoms with E-state index >= 15 is 0 Å². The maximum absolute atomic E-state index is 12.9. The fraction of sp³-hybridized carbons (Fsp3) is 0.381. The number of rotatable bonds is 3. The predicted molar refractivity (Wildman–Crippen MR) is 103 cm³/mol. The van der Waals surface area contributed by atoms with Crippen molar-refractivity contribution in [3.63, 3.8) is 0 Å². The Morgan fingerprint density at radius 3 is 2.67 bits per heavy atom. The number of aryl methyl sites for hydroxylation is 1. The van der Waals surface area contributed by atoms with Gasteiger partial charge in [0.25, 0.3) is 0 Å². The van der Waals surface area contributed by atoms with Crippen LogP contribution in [0.4, 0.5) is 13.2 Å². The zero-order valence-corrected chi connectivity index (χ0v) is 15.9. The van der Waals surface area contributed by atoms with Crippen LogP contribution in [0, 0.1) is 6.92 Å². The monoisotopic (exact) mass is 393 g/mol. The van der Waals surface area contributed by atoms with Crippen LogP contribution in [0.5, 0.6) is 0 Å². The predicted octanol–water partition coefficient (Wildman–Crippen LogP) is 5.26. The van der Waals surface area contributed by atoms with Gasteiger partial charge >= 0.3 is 6.18 Å². The Labute approximate surface area is 161 Å². The van der Waals surface area contributed by atoms with Crippen molar-refractivity contribution in [2.24, 2.45) is 0 Å². The summed E-state index contributed by atoms with van der Waals surface area (Å²) in [6.45, 7) is 3.35. The van der Waals surface area contributed by atoms with Gasteiger partial charge < -0.3 is 4.90 Å². The molecule has 1 fully saturated rings. The molecule has 1 atom stereocenters. The number of thioether (sulfide) groups is 1. The molecule has 0 saturated carbocycles. The van der Waals surface area contributed by atoms with Crippen LogP contribution in [0.15, 0.2) is 48.5 Å². The number of nitrogens with zero attached hydrogens (tertiary/aromatic N) is 1. The van der Waals surface area contributed by atoms with Crippen LogP contribution in [-0.2, 0) is 17.4 Å². The largest absolute Gasteiger partial charge is 0.416 e. The van der Waals surface area contributed by atoms with Gasteiger partial charge in [-0.3, -0.25) is 4.79 Å². The first-order valence-corrected chi connectivity index (χ1v) is 10.0. The van der Waals surface area contributed by atoms with E-state index in [9.17, 15) is 18.0 Å². The van der Waals surface area contributed by atoms with Gasteiger partial charge in [-0.2, -0.15) is 24.9 Å². The molecule has 0 aromatic heterocycles. The van der Waals surface area contributed by atoms with E-state index in [1.54, 1.807) is 11.0 Å². The molecular formula is C21H22F3NOS. The van der Waals surface area contributed by atoms with Crippen LogP contribution in [0.25, 0.3) is 0 Å². The summed E-state index contributed by atoms with van der Waals surface area (Å²) in [5, 5.41) is 0.345. The zero-order chi connectivity index (χ0) is 19.4. The Morgan fingerprint density at radius 2 is 1.93 bits per heavy atom. The summed E-state index contributed by atoms with van der Waals surface area (Å²) >= 11 is 1.84. The number of amides is 1. The third-order valence-corrected chi connectivity index (χ3v) is 6.15. The van der Waals surface area contributed by atoms with Gasteiger partial charge in [-0.05, 0) is 36.1 Å². The lowest BCUT2D eigenvalue weighted by Gasteiger charge is -2.21. The van der Waals surface area contributed by atoms with Crippen molar-refractivity contribution in [3.05, 3.63) is 70.8 Å². The minimum absolute atomic E-state index is 0.00359. The summed E-state index contributed by atoms with van der Waals surface area (Å²) < 4.78 is 38.6. The molecular weight excluding hydrogens is 371 g/mol. The molecule has 0 bridgehead atoms. The third kappa shape index (κ3) is 5.06. The SMILES string of the molecule is Cc1ccccc1C1CCN(C(=O)Cc2cccc(C(F)(F)F)c2)CCS1. The second-order valence-electron chi connectivity index (χ2n) is 6.76. The van der Waals surface area contributed by atoms with Gasteiger partial charge in [0.2, 0.25) is 5.91 Å². The smallest absolute Gasteiger partial charge is 0.342 e. The maximum atomic E-state index is 12.9. The lowest BCUT2D eigenvalue weighted by molar-refractivity contribution is -0.138. The Hall–Kier alpha value is -1.95. The van der Waals surface area contributed by atoms with E-state index < -0.39 is 11.7 Å². The van der Waals surface area contributed by atoms with Crippen molar-refractivity contribution in [2.45, 2.75) is 31.2 Å². The number of benzene rings is 2. The molecule has 1 aliphatic heterocycles. The Balaban J connectivity index is 1.64. The second kappa shape index (κ2) is 8.38. The summed E-state index contributed by atoms with van der Waals surface area (Å²) in [7, 11) is 0. The van der Waals surface area contributed by atoms with Gasteiger partial charge in [-0.15, -0.1) is 0 Å². The van der Waals surface area contributed by atoms with Gasteiger partial charge in [0.1, 0.15) is 0 Å². The molecule has 1 amide bonds.